The van der Waals surface area contributed by atoms with E-state index in [-0.39, 0.29) is 5.41 Å². The highest BCUT2D eigenvalue weighted by molar-refractivity contribution is 6.35. The van der Waals surface area contributed by atoms with E-state index in [0.717, 1.165) is 35.8 Å². The fourth-order valence-electron chi connectivity index (χ4n) is 2.09. The van der Waals surface area contributed by atoms with E-state index in [4.69, 9.17) is 28.9 Å². The maximum absolute atomic E-state index is 6.15. The molecule has 2 rings (SSSR count). The van der Waals surface area contributed by atoms with Gasteiger partial charge in [-0.2, -0.15) is 0 Å². The van der Waals surface area contributed by atoms with Crippen LogP contribution in [0, 0.1) is 5.41 Å². The van der Waals surface area contributed by atoms with Gasteiger partial charge in [-0.15, -0.1) is 0 Å². The summed E-state index contributed by atoms with van der Waals surface area (Å²) in [5.41, 5.74) is 6.99. The third-order valence-corrected chi connectivity index (χ3v) is 3.77. The summed E-state index contributed by atoms with van der Waals surface area (Å²) < 4.78 is 0. The van der Waals surface area contributed by atoms with Crippen LogP contribution in [-0.2, 0) is 6.42 Å². The van der Waals surface area contributed by atoms with Crippen molar-refractivity contribution in [2.75, 3.05) is 6.54 Å². The minimum atomic E-state index is 0.118. The van der Waals surface area contributed by atoms with E-state index >= 15 is 0 Å². The molecule has 2 nitrogen and oxygen atoms in total. The lowest BCUT2D eigenvalue weighted by Crippen LogP contribution is -2.23. The third kappa shape index (κ3) is 3.08. The van der Waals surface area contributed by atoms with Gasteiger partial charge in [-0.1, -0.05) is 36.2 Å². The van der Waals surface area contributed by atoms with E-state index in [0.29, 0.717) is 5.02 Å². The molecular formula is C13H16Cl2N2. The van der Waals surface area contributed by atoms with Crippen LogP contribution in [0.25, 0.3) is 0 Å². The van der Waals surface area contributed by atoms with Crippen molar-refractivity contribution in [3.63, 3.8) is 0 Å². The van der Waals surface area contributed by atoms with Crippen LogP contribution in [0.2, 0.25) is 10.0 Å². The Morgan fingerprint density at radius 2 is 2.18 bits per heavy atom. The van der Waals surface area contributed by atoms with Gasteiger partial charge in [0.1, 0.15) is 0 Å². The minimum absolute atomic E-state index is 0.118. The number of nitrogens with one attached hydrogen (secondary N) is 1. The highest BCUT2D eigenvalue weighted by Gasteiger charge is 2.26. The predicted octanol–water partition coefficient (Wildman–Crippen LogP) is 3.34. The van der Waals surface area contributed by atoms with Crippen molar-refractivity contribution in [1.82, 2.24) is 5.32 Å². The zero-order valence-corrected chi connectivity index (χ0v) is 11.3. The molecule has 0 amide bonds. The molecule has 1 aromatic rings. The third-order valence-electron chi connectivity index (χ3n) is 3.18. The molecule has 4 heteroatoms. The van der Waals surface area contributed by atoms with Crippen LogP contribution in [0.5, 0.6) is 0 Å². The summed E-state index contributed by atoms with van der Waals surface area (Å²) in [6.45, 7) is 3.09. The predicted molar refractivity (Wildman–Crippen MR) is 73.2 cm³/mol. The van der Waals surface area contributed by atoms with Crippen molar-refractivity contribution < 1.29 is 0 Å². The normalized spacial score (nSPS) is 23.4. The Morgan fingerprint density at radius 3 is 2.76 bits per heavy atom. The summed E-state index contributed by atoms with van der Waals surface area (Å²) in [6.07, 6.45) is 4.04. The lowest BCUT2D eigenvalue weighted by Gasteiger charge is -2.20. The number of hydrogen-bond acceptors (Lipinski definition) is 2. The molecule has 1 atom stereocenters. The summed E-state index contributed by atoms with van der Waals surface area (Å²) in [7, 11) is 0. The second kappa shape index (κ2) is 4.79. The lowest BCUT2D eigenvalue weighted by atomic mass is 9.85. The molecule has 92 valence electrons. The largest absolute Gasteiger partial charge is 0.386 e. The maximum Gasteiger partial charge on any atom is 0.0925 e. The highest BCUT2D eigenvalue weighted by atomic mass is 35.5. The molecule has 1 aliphatic heterocycles. The van der Waals surface area contributed by atoms with Crippen molar-refractivity contribution in [3.8, 4) is 0 Å². The van der Waals surface area contributed by atoms with Crippen molar-refractivity contribution in [2.45, 2.75) is 19.8 Å². The smallest absolute Gasteiger partial charge is 0.0925 e. The van der Waals surface area contributed by atoms with E-state index < -0.39 is 0 Å². The van der Waals surface area contributed by atoms with Crippen molar-refractivity contribution in [2.24, 2.45) is 11.1 Å². The lowest BCUT2D eigenvalue weighted by molar-refractivity contribution is 0.407. The SMILES string of the molecule is C[C@]1(CCc2ccc(Cl)cc2Cl)C=C(N)NC1. The van der Waals surface area contributed by atoms with Crippen LogP contribution in [0.1, 0.15) is 18.9 Å². The zero-order valence-electron chi connectivity index (χ0n) is 9.76. The summed E-state index contributed by atoms with van der Waals surface area (Å²) in [4.78, 5) is 0. The molecule has 0 spiro atoms. The second-order valence-corrected chi connectivity index (χ2v) is 5.69. The first-order chi connectivity index (χ1) is 7.98. The molecule has 17 heavy (non-hydrogen) atoms. The Bertz CT molecular complexity index is 457. The quantitative estimate of drug-likeness (QED) is 0.884. The van der Waals surface area contributed by atoms with Crippen molar-refractivity contribution in [3.05, 3.63) is 45.7 Å². The van der Waals surface area contributed by atoms with E-state index in [1.807, 2.05) is 12.1 Å². The standard InChI is InChI=1S/C13H16Cl2N2/c1-13(7-12(16)17-8-13)5-4-9-2-3-10(14)6-11(9)15/h2-3,6-7,17H,4-5,8,16H2,1H3/t13-/m0/s1. The van der Waals surface area contributed by atoms with Gasteiger partial charge in [0.2, 0.25) is 0 Å². The minimum Gasteiger partial charge on any atom is -0.386 e. The van der Waals surface area contributed by atoms with Gasteiger partial charge < -0.3 is 11.1 Å². The molecular weight excluding hydrogens is 255 g/mol. The maximum atomic E-state index is 6.15. The van der Waals surface area contributed by atoms with Crippen LogP contribution < -0.4 is 11.1 Å². The Labute approximate surface area is 112 Å². The number of benzene rings is 1. The summed E-state index contributed by atoms with van der Waals surface area (Å²) >= 11 is 12.0. The van der Waals surface area contributed by atoms with Crippen molar-refractivity contribution >= 4 is 23.2 Å². The van der Waals surface area contributed by atoms with Crippen LogP contribution in [0.3, 0.4) is 0 Å². The number of rotatable bonds is 3. The average Bonchev–Trinajstić information content (AvgIpc) is 2.58. The fraction of sp³-hybridized carbons (Fsp3) is 0.385. The van der Waals surface area contributed by atoms with Crippen molar-refractivity contribution in [1.29, 1.82) is 0 Å². The van der Waals surface area contributed by atoms with E-state index in [1.165, 1.54) is 0 Å². The average molecular weight is 271 g/mol. The van der Waals surface area contributed by atoms with Crippen LogP contribution in [0.4, 0.5) is 0 Å². The Kier molecular flexibility index (Phi) is 3.55. The molecule has 0 saturated heterocycles. The Morgan fingerprint density at radius 1 is 1.41 bits per heavy atom. The first-order valence-electron chi connectivity index (χ1n) is 5.65. The molecule has 0 fully saturated rings. The van der Waals surface area contributed by atoms with Gasteiger partial charge in [0.05, 0.1) is 5.82 Å². The van der Waals surface area contributed by atoms with Crippen LogP contribution in [0.15, 0.2) is 30.1 Å². The molecule has 0 unspecified atom stereocenters. The van der Waals surface area contributed by atoms with E-state index in [2.05, 4.69) is 18.3 Å². The molecule has 0 aliphatic carbocycles. The fourth-order valence-corrected chi connectivity index (χ4v) is 2.59. The first kappa shape index (κ1) is 12.6. The molecule has 3 N–H and O–H groups in total. The van der Waals surface area contributed by atoms with E-state index in [9.17, 15) is 0 Å². The molecule has 0 radical (unpaired) electrons. The number of aryl methyl sites for hydroxylation is 1. The second-order valence-electron chi connectivity index (χ2n) is 4.84. The van der Waals surface area contributed by atoms with E-state index in [1.54, 1.807) is 6.07 Å². The van der Waals surface area contributed by atoms with Crippen LogP contribution >= 0.6 is 23.2 Å². The Balaban J connectivity index is 2.03. The monoisotopic (exact) mass is 270 g/mol. The molecule has 1 aliphatic rings. The van der Waals surface area contributed by atoms with Gasteiger partial charge in [-0.05, 0) is 36.6 Å². The Hall–Kier alpha value is -0.860. The molecule has 0 saturated carbocycles. The number of halogens is 2. The first-order valence-corrected chi connectivity index (χ1v) is 6.40. The zero-order chi connectivity index (χ0) is 12.5. The van der Waals surface area contributed by atoms with Crippen LogP contribution in [-0.4, -0.2) is 6.54 Å². The van der Waals surface area contributed by atoms with Gasteiger partial charge in [-0.25, -0.2) is 0 Å². The number of hydrogen-bond donors (Lipinski definition) is 2. The molecule has 0 bridgehead atoms. The topological polar surface area (TPSA) is 38.0 Å². The molecule has 1 heterocycles. The van der Waals surface area contributed by atoms with Gasteiger partial charge in [0.25, 0.3) is 0 Å². The van der Waals surface area contributed by atoms with Gasteiger partial charge >= 0.3 is 0 Å². The van der Waals surface area contributed by atoms with Gasteiger partial charge in [-0.3, -0.25) is 0 Å². The van der Waals surface area contributed by atoms with Gasteiger partial charge in [0, 0.05) is 22.0 Å². The summed E-state index contributed by atoms with van der Waals surface area (Å²) in [6, 6.07) is 5.66. The molecule has 0 aromatic heterocycles. The highest BCUT2D eigenvalue weighted by Crippen LogP contribution is 2.31. The van der Waals surface area contributed by atoms with Gasteiger partial charge in [0.15, 0.2) is 0 Å². The summed E-state index contributed by atoms with van der Waals surface area (Å²) in [5.74, 6) is 0.773. The summed E-state index contributed by atoms with van der Waals surface area (Å²) in [5, 5.41) is 4.57. The molecule has 1 aromatic carbocycles. The number of nitrogens with two attached hydrogens (primary N) is 1.